The minimum Gasteiger partial charge on any atom is -0.383 e. The number of hydrogen-bond donors (Lipinski definition) is 2. The summed E-state index contributed by atoms with van der Waals surface area (Å²) in [4.78, 5) is 25.9. The van der Waals surface area contributed by atoms with Gasteiger partial charge in [0.05, 0.1) is 25.4 Å². The normalized spacial score (nSPS) is 19.6. The molecule has 0 radical (unpaired) electrons. The highest BCUT2D eigenvalue weighted by Gasteiger charge is 2.31. The molecule has 12 heteroatoms. The zero-order valence-electron chi connectivity index (χ0n) is 27.5. The Morgan fingerprint density at radius 1 is 1.00 bits per heavy atom. The highest BCUT2D eigenvalue weighted by molar-refractivity contribution is 7.99. The summed E-state index contributed by atoms with van der Waals surface area (Å²) in [5.41, 5.74) is 5.05. The van der Waals surface area contributed by atoms with Gasteiger partial charge in [-0.25, -0.2) is 9.36 Å². The highest BCUT2D eigenvalue weighted by atomic mass is 32.2. The number of nitrogen functional groups attached to an aromatic ring is 1. The van der Waals surface area contributed by atoms with Gasteiger partial charge in [-0.15, -0.1) is 0 Å². The molecule has 1 aromatic heterocycles. The Morgan fingerprint density at radius 2 is 1.66 bits per heavy atom. The number of phosphoric acid groups is 1. The Balaban J connectivity index is 1.63. The zero-order valence-corrected chi connectivity index (χ0v) is 29.2. The maximum Gasteiger partial charge on any atom is 0.472 e. The quantitative estimate of drug-likeness (QED) is 0.0704. The van der Waals surface area contributed by atoms with Crippen LogP contribution in [-0.2, 0) is 23.1 Å². The number of rotatable bonds is 27. The lowest BCUT2D eigenvalue weighted by atomic mass is 10.1. The first-order valence-electron chi connectivity index (χ1n) is 17.1. The molecule has 1 aromatic rings. The third-order valence-electron chi connectivity index (χ3n) is 8.04. The van der Waals surface area contributed by atoms with Crippen LogP contribution in [0.5, 0.6) is 0 Å². The molecule has 0 amide bonds. The standard InChI is InChI=1S/C32H60N3O7PS/c1-4-6-8-10-11-12-14-16-25-44-29(18-15-13-9-7-5-2)27(3)39-23-17-24-40-43(37,38)41-26-28-19-20-31(42-28)35-22-21-30(33)34-32(35)36/h21-22,27-29,31H,4-20,23-26H2,1-3H3,(H,37,38)(H2,33,34,36)/t27?,28-,29?,31+/m0/s1. The van der Waals surface area contributed by atoms with E-state index >= 15 is 0 Å². The average molecular weight is 662 g/mol. The minimum atomic E-state index is -4.23. The van der Waals surface area contributed by atoms with Crippen LogP contribution in [-0.4, -0.2) is 57.5 Å². The fraction of sp³-hybridized carbons (Fsp3) is 0.875. The molecule has 0 aliphatic carbocycles. The third kappa shape index (κ3) is 17.1. The molecule has 256 valence electrons. The van der Waals surface area contributed by atoms with Crippen molar-refractivity contribution in [2.24, 2.45) is 0 Å². The van der Waals surface area contributed by atoms with E-state index in [0.717, 1.165) is 6.42 Å². The molecule has 2 rings (SSSR count). The van der Waals surface area contributed by atoms with E-state index < -0.39 is 25.8 Å². The summed E-state index contributed by atoms with van der Waals surface area (Å²) >= 11 is 2.05. The molecule has 0 saturated carbocycles. The van der Waals surface area contributed by atoms with Crippen LogP contribution in [0.25, 0.3) is 0 Å². The van der Waals surface area contributed by atoms with Crippen LogP contribution in [0.15, 0.2) is 17.1 Å². The topological polar surface area (TPSA) is 135 Å². The van der Waals surface area contributed by atoms with E-state index in [1.165, 1.54) is 106 Å². The first kappa shape index (κ1) is 39.2. The molecule has 10 nitrogen and oxygen atoms in total. The number of unbranched alkanes of at least 4 members (excludes halogenated alkanes) is 11. The molecule has 2 heterocycles. The largest absolute Gasteiger partial charge is 0.472 e. The number of hydrogen-bond acceptors (Lipinski definition) is 9. The average Bonchev–Trinajstić information content (AvgIpc) is 3.46. The van der Waals surface area contributed by atoms with Crippen LogP contribution in [0.2, 0.25) is 0 Å². The van der Waals surface area contributed by atoms with E-state index in [2.05, 4.69) is 37.5 Å². The predicted molar refractivity (Wildman–Crippen MR) is 180 cm³/mol. The molecule has 44 heavy (non-hydrogen) atoms. The molecule has 1 fully saturated rings. The number of ether oxygens (including phenoxy) is 2. The molecule has 0 spiro atoms. The van der Waals surface area contributed by atoms with Gasteiger partial charge in [0.1, 0.15) is 12.0 Å². The lowest BCUT2D eigenvalue weighted by Crippen LogP contribution is -2.27. The van der Waals surface area contributed by atoms with Crippen molar-refractivity contribution >= 4 is 25.4 Å². The highest BCUT2D eigenvalue weighted by Crippen LogP contribution is 2.44. The Hall–Kier alpha value is -0.940. The van der Waals surface area contributed by atoms with Crippen LogP contribution in [0.4, 0.5) is 5.82 Å². The van der Waals surface area contributed by atoms with Crippen molar-refractivity contribution in [3.63, 3.8) is 0 Å². The van der Waals surface area contributed by atoms with Gasteiger partial charge < -0.3 is 20.1 Å². The summed E-state index contributed by atoms with van der Waals surface area (Å²) < 4.78 is 36.1. The van der Waals surface area contributed by atoms with Crippen LogP contribution in [0.3, 0.4) is 0 Å². The second-order valence-corrected chi connectivity index (χ2v) is 14.7. The van der Waals surface area contributed by atoms with Gasteiger partial charge in [0.25, 0.3) is 0 Å². The maximum absolute atomic E-state index is 12.4. The zero-order chi connectivity index (χ0) is 32.0. The summed E-state index contributed by atoms with van der Waals surface area (Å²) in [6.45, 7) is 7.08. The number of anilines is 1. The van der Waals surface area contributed by atoms with Crippen LogP contribution in [0.1, 0.15) is 136 Å². The van der Waals surface area contributed by atoms with E-state index in [1.54, 1.807) is 0 Å². The number of phosphoric ester groups is 1. The van der Waals surface area contributed by atoms with Crippen molar-refractivity contribution in [3.05, 3.63) is 22.7 Å². The molecular formula is C32H60N3O7PS. The monoisotopic (exact) mass is 661 g/mol. The second kappa shape index (κ2) is 23.4. The Morgan fingerprint density at radius 3 is 2.34 bits per heavy atom. The Labute approximate surface area is 270 Å². The predicted octanol–water partition coefficient (Wildman–Crippen LogP) is 8.03. The number of nitrogens with zero attached hydrogens (tertiary/aromatic N) is 2. The lowest BCUT2D eigenvalue weighted by molar-refractivity contribution is -0.0263. The summed E-state index contributed by atoms with van der Waals surface area (Å²) in [5, 5.41) is 0.462. The summed E-state index contributed by atoms with van der Waals surface area (Å²) in [5.74, 6) is 1.32. The second-order valence-electron chi connectivity index (χ2n) is 11.9. The molecule has 0 bridgehead atoms. The van der Waals surface area contributed by atoms with Gasteiger partial charge in [0.15, 0.2) is 0 Å². The molecule has 5 atom stereocenters. The first-order valence-corrected chi connectivity index (χ1v) is 19.6. The molecule has 3 unspecified atom stereocenters. The fourth-order valence-corrected chi connectivity index (χ4v) is 7.51. The third-order valence-corrected chi connectivity index (χ3v) is 10.6. The van der Waals surface area contributed by atoms with Crippen LogP contribution >= 0.6 is 19.6 Å². The number of thioether (sulfide) groups is 1. The van der Waals surface area contributed by atoms with Gasteiger partial charge in [-0.2, -0.15) is 16.7 Å². The molecule has 1 saturated heterocycles. The van der Waals surface area contributed by atoms with Gasteiger partial charge in [0.2, 0.25) is 0 Å². The molecule has 1 aliphatic heterocycles. The van der Waals surface area contributed by atoms with Crippen molar-refractivity contribution in [2.45, 2.75) is 154 Å². The minimum absolute atomic E-state index is 0.0637. The molecule has 0 aromatic carbocycles. The van der Waals surface area contributed by atoms with Crippen molar-refractivity contribution in [1.29, 1.82) is 0 Å². The van der Waals surface area contributed by atoms with E-state index in [4.69, 9.17) is 24.3 Å². The van der Waals surface area contributed by atoms with Gasteiger partial charge >= 0.3 is 13.5 Å². The summed E-state index contributed by atoms with van der Waals surface area (Å²) in [6, 6.07) is 1.53. The SMILES string of the molecule is CCCCCCCCCCSC(CCCCCCC)C(C)OCCCOP(=O)(O)OC[C@@H]1CC[C@H](n2ccc(N)nc2=O)O1. The maximum atomic E-state index is 12.4. The van der Waals surface area contributed by atoms with E-state index in [9.17, 15) is 14.3 Å². The Bertz CT molecular complexity index is 985. The van der Waals surface area contributed by atoms with E-state index in [-0.39, 0.29) is 25.1 Å². The van der Waals surface area contributed by atoms with E-state index in [1.807, 2.05) is 0 Å². The van der Waals surface area contributed by atoms with Gasteiger partial charge in [0, 0.05) is 18.1 Å². The van der Waals surface area contributed by atoms with Crippen molar-refractivity contribution in [2.75, 3.05) is 31.3 Å². The summed E-state index contributed by atoms with van der Waals surface area (Å²) in [6.07, 6.45) is 20.6. The van der Waals surface area contributed by atoms with Gasteiger partial charge in [-0.05, 0) is 50.8 Å². The number of nitrogens with two attached hydrogens (primary N) is 1. The van der Waals surface area contributed by atoms with Crippen LogP contribution in [0, 0.1) is 0 Å². The first-order chi connectivity index (χ1) is 21.3. The van der Waals surface area contributed by atoms with Crippen LogP contribution < -0.4 is 11.4 Å². The van der Waals surface area contributed by atoms with Crippen molar-refractivity contribution in [3.8, 4) is 0 Å². The van der Waals surface area contributed by atoms with Gasteiger partial charge in [-0.1, -0.05) is 90.9 Å². The van der Waals surface area contributed by atoms with Crippen molar-refractivity contribution < 1.29 is 28.0 Å². The lowest BCUT2D eigenvalue weighted by Gasteiger charge is -2.24. The van der Waals surface area contributed by atoms with E-state index in [0.29, 0.717) is 31.1 Å². The molecule has 1 aliphatic rings. The Kier molecular flexibility index (Phi) is 20.9. The van der Waals surface area contributed by atoms with Gasteiger partial charge in [-0.3, -0.25) is 13.6 Å². The molecular weight excluding hydrogens is 601 g/mol. The fourth-order valence-electron chi connectivity index (χ4n) is 5.36. The molecule has 3 N–H and O–H groups in total. The van der Waals surface area contributed by atoms with Crippen molar-refractivity contribution in [1.82, 2.24) is 9.55 Å². The number of aromatic nitrogens is 2. The summed E-state index contributed by atoms with van der Waals surface area (Å²) in [7, 11) is -4.23. The smallest absolute Gasteiger partial charge is 0.383 e.